The highest BCUT2D eigenvalue weighted by molar-refractivity contribution is 5.94. The Balaban J connectivity index is 1.61. The summed E-state index contributed by atoms with van der Waals surface area (Å²) in [5, 5.41) is 2.90. The molecule has 0 aliphatic carbocycles. The van der Waals surface area contributed by atoms with Gasteiger partial charge in [0.15, 0.2) is 23.0 Å². The van der Waals surface area contributed by atoms with Crippen LogP contribution in [0.5, 0.6) is 23.0 Å². The van der Waals surface area contributed by atoms with Gasteiger partial charge in [0.05, 0.1) is 13.7 Å². The highest BCUT2D eigenvalue weighted by Gasteiger charge is 2.16. The quantitative estimate of drug-likeness (QED) is 0.732. The van der Waals surface area contributed by atoms with Crippen LogP contribution >= 0.6 is 0 Å². The third kappa shape index (κ3) is 4.20. The second-order valence-corrected chi connectivity index (χ2v) is 5.94. The first-order chi connectivity index (χ1) is 12.7. The Morgan fingerprint density at radius 3 is 2.77 bits per heavy atom. The average molecular weight is 357 g/mol. The van der Waals surface area contributed by atoms with E-state index < -0.39 is 0 Å². The molecule has 2 aromatic rings. The zero-order valence-corrected chi connectivity index (χ0v) is 15.0. The first-order valence-electron chi connectivity index (χ1n) is 8.69. The molecule has 0 spiro atoms. The van der Waals surface area contributed by atoms with E-state index in [0.717, 1.165) is 18.4 Å². The molecule has 3 rings (SSSR count). The summed E-state index contributed by atoms with van der Waals surface area (Å²) in [6.45, 7) is 3.35. The van der Waals surface area contributed by atoms with Crippen molar-refractivity contribution in [2.24, 2.45) is 0 Å². The summed E-state index contributed by atoms with van der Waals surface area (Å²) in [6.07, 6.45) is 2.07. The number of nitrogens with one attached hydrogen (secondary N) is 1. The van der Waals surface area contributed by atoms with Gasteiger partial charge in [-0.15, -0.1) is 0 Å². The van der Waals surface area contributed by atoms with E-state index in [1.165, 1.54) is 0 Å². The molecule has 0 saturated heterocycles. The molecule has 0 fully saturated rings. The maximum Gasteiger partial charge on any atom is 0.251 e. The van der Waals surface area contributed by atoms with Crippen LogP contribution in [0, 0.1) is 0 Å². The van der Waals surface area contributed by atoms with E-state index in [0.29, 0.717) is 41.7 Å². The Labute approximate surface area is 153 Å². The molecule has 0 bridgehead atoms. The summed E-state index contributed by atoms with van der Waals surface area (Å²) in [4.78, 5) is 12.4. The van der Waals surface area contributed by atoms with Crippen molar-refractivity contribution in [2.45, 2.75) is 26.3 Å². The van der Waals surface area contributed by atoms with E-state index in [4.69, 9.17) is 18.9 Å². The standard InChI is InChI=1S/C20H23NO5/c1-3-4-9-24-16-7-5-14(10-18(16)23-2)12-21-20(22)15-6-8-17-19(11-15)26-13-25-17/h5-8,10-11H,3-4,9,12-13H2,1-2H3,(H,21,22). The van der Waals surface area contributed by atoms with Gasteiger partial charge in [-0.05, 0) is 42.3 Å². The first-order valence-corrected chi connectivity index (χ1v) is 8.69. The first kappa shape index (κ1) is 17.9. The van der Waals surface area contributed by atoms with Gasteiger partial charge in [0.25, 0.3) is 5.91 Å². The average Bonchev–Trinajstić information content (AvgIpc) is 3.14. The van der Waals surface area contributed by atoms with Gasteiger partial charge in [0.1, 0.15) is 0 Å². The van der Waals surface area contributed by atoms with Crippen LogP contribution in [0.2, 0.25) is 0 Å². The minimum absolute atomic E-state index is 0.175. The Morgan fingerprint density at radius 1 is 1.12 bits per heavy atom. The van der Waals surface area contributed by atoms with Crippen LogP contribution < -0.4 is 24.3 Å². The Hall–Kier alpha value is -2.89. The molecule has 0 saturated carbocycles. The number of methoxy groups -OCH3 is 1. The molecule has 0 aromatic heterocycles. The van der Waals surface area contributed by atoms with Gasteiger partial charge in [-0.25, -0.2) is 0 Å². The van der Waals surface area contributed by atoms with Crippen LogP contribution in [0.4, 0.5) is 0 Å². The molecule has 26 heavy (non-hydrogen) atoms. The summed E-state index contributed by atoms with van der Waals surface area (Å²) in [7, 11) is 1.61. The molecule has 6 nitrogen and oxygen atoms in total. The summed E-state index contributed by atoms with van der Waals surface area (Å²) >= 11 is 0. The lowest BCUT2D eigenvalue weighted by Crippen LogP contribution is -2.22. The monoisotopic (exact) mass is 357 g/mol. The maximum atomic E-state index is 12.4. The molecule has 138 valence electrons. The van der Waals surface area contributed by atoms with Crippen LogP contribution in [0.1, 0.15) is 35.7 Å². The van der Waals surface area contributed by atoms with Gasteiger partial charge >= 0.3 is 0 Å². The predicted octanol–water partition coefficient (Wildman–Crippen LogP) is 3.53. The molecule has 6 heteroatoms. The summed E-state index contributed by atoms with van der Waals surface area (Å²) in [5.74, 6) is 2.45. The number of unbranched alkanes of at least 4 members (excludes halogenated alkanes) is 1. The third-order valence-electron chi connectivity index (χ3n) is 4.07. The largest absolute Gasteiger partial charge is 0.493 e. The number of ether oxygens (including phenoxy) is 4. The van der Waals surface area contributed by atoms with E-state index in [1.54, 1.807) is 25.3 Å². The SMILES string of the molecule is CCCCOc1ccc(CNC(=O)c2ccc3c(c2)OCO3)cc1OC. The number of hydrogen-bond acceptors (Lipinski definition) is 5. The number of carbonyl (C=O) groups is 1. The highest BCUT2D eigenvalue weighted by Crippen LogP contribution is 2.32. The maximum absolute atomic E-state index is 12.4. The molecule has 1 aliphatic rings. The number of hydrogen-bond donors (Lipinski definition) is 1. The van der Waals surface area contributed by atoms with E-state index >= 15 is 0 Å². The van der Waals surface area contributed by atoms with Gasteiger partial charge in [-0.2, -0.15) is 0 Å². The molecule has 1 N–H and O–H groups in total. The van der Waals surface area contributed by atoms with Crippen LogP contribution in [0.3, 0.4) is 0 Å². The number of carbonyl (C=O) groups excluding carboxylic acids is 1. The fraction of sp³-hybridized carbons (Fsp3) is 0.350. The summed E-state index contributed by atoms with van der Waals surface area (Å²) < 4.78 is 21.7. The van der Waals surface area contributed by atoms with Crippen LogP contribution in [0.15, 0.2) is 36.4 Å². The fourth-order valence-corrected chi connectivity index (χ4v) is 2.59. The third-order valence-corrected chi connectivity index (χ3v) is 4.07. The second kappa shape index (κ2) is 8.47. The van der Waals surface area contributed by atoms with Crippen molar-refractivity contribution in [3.8, 4) is 23.0 Å². The van der Waals surface area contributed by atoms with Crippen molar-refractivity contribution in [3.05, 3.63) is 47.5 Å². The van der Waals surface area contributed by atoms with Crippen molar-refractivity contribution in [3.63, 3.8) is 0 Å². The normalized spacial score (nSPS) is 11.9. The van der Waals surface area contributed by atoms with Crippen LogP contribution in [-0.4, -0.2) is 26.4 Å². The minimum Gasteiger partial charge on any atom is -0.493 e. The zero-order chi connectivity index (χ0) is 18.4. The van der Waals surface area contributed by atoms with Gasteiger partial charge in [0, 0.05) is 12.1 Å². The summed E-state index contributed by atoms with van der Waals surface area (Å²) in [6, 6.07) is 10.8. The smallest absolute Gasteiger partial charge is 0.251 e. The molecular formula is C20H23NO5. The molecule has 2 aromatic carbocycles. The van der Waals surface area contributed by atoms with E-state index in [2.05, 4.69) is 12.2 Å². The van der Waals surface area contributed by atoms with Crippen molar-refractivity contribution in [1.82, 2.24) is 5.32 Å². The van der Waals surface area contributed by atoms with Crippen molar-refractivity contribution in [2.75, 3.05) is 20.5 Å². The zero-order valence-electron chi connectivity index (χ0n) is 15.0. The van der Waals surface area contributed by atoms with E-state index in [-0.39, 0.29) is 12.7 Å². The Kier molecular flexibility index (Phi) is 5.84. The topological polar surface area (TPSA) is 66.0 Å². The Bertz CT molecular complexity index is 775. The number of amides is 1. The molecule has 0 atom stereocenters. The van der Waals surface area contributed by atoms with Crippen LogP contribution in [-0.2, 0) is 6.54 Å². The van der Waals surface area contributed by atoms with Crippen molar-refractivity contribution in [1.29, 1.82) is 0 Å². The minimum atomic E-state index is -0.175. The van der Waals surface area contributed by atoms with Gasteiger partial charge in [-0.1, -0.05) is 19.4 Å². The van der Waals surface area contributed by atoms with E-state index in [1.807, 2.05) is 18.2 Å². The predicted molar refractivity (Wildman–Crippen MR) is 97.1 cm³/mol. The number of fused-ring (bicyclic) bond motifs is 1. The highest BCUT2D eigenvalue weighted by atomic mass is 16.7. The van der Waals surface area contributed by atoms with E-state index in [9.17, 15) is 4.79 Å². The lowest BCUT2D eigenvalue weighted by Gasteiger charge is -2.12. The lowest BCUT2D eigenvalue weighted by molar-refractivity contribution is 0.0950. The fourth-order valence-electron chi connectivity index (χ4n) is 2.59. The molecule has 0 unspecified atom stereocenters. The molecule has 1 amide bonds. The van der Waals surface area contributed by atoms with Gasteiger partial charge in [-0.3, -0.25) is 4.79 Å². The molecule has 1 aliphatic heterocycles. The number of benzene rings is 2. The lowest BCUT2D eigenvalue weighted by atomic mass is 10.1. The number of rotatable bonds is 8. The Morgan fingerprint density at radius 2 is 1.96 bits per heavy atom. The molecule has 0 radical (unpaired) electrons. The summed E-state index contributed by atoms with van der Waals surface area (Å²) in [5.41, 5.74) is 1.46. The van der Waals surface area contributed by atoms with Gasteiger partial charge in [0.2, 0.25) is 6.79 Å². The van der Waals surface area contributed by atoms with Crippen molar-refractivity contribution < 1.29 is 23.7 Å². The molecular weight excluding hydrogens is 334 g/mol. The molecule has 1 heterocycles. The second-order valence-electron chi connectivity index (χ2n) is 5.94. The van der Waals surface area contributed by atoms with Crippen LogP contribution in [0.25, 0.3) is 0 Å². The van der Waals surface area contributed by atoms with Gasteiger partial charge < -0.3 is 24.3 Å². The van der Waals surface area contributed by atoms with Crippen molar-refractivity contribution >= 4 is 5.91 Å².